The smallest absolute Gasteiger partial charge is 0.250 e. The molecule has 7 nitrogen and oxygen atoms in total. The Balaban J connectivity index is 1.93. The van der Waals surface area contributed by atoms with Crippen LogP contribution in [0.25, 0.3) is 0 Å². The minimum Gasteiger partial charge on any atom is -0.284 e. The van der Waals surface area contributed by atoms with Crippen molar-refractivity contribution < 1.29 is 21.2 Å². The predicted molar refractivity (Wildman–Crippen MR) is 107 cm³/mol. The Morgan fingerprint density at radius 2 is 1.68 bits per heavy atom. The van der Waals surface area contributed by atoms with E-state index in [1.165, 1.54) is 19.1 Å². The molecule has 0 aromatic heterocycles. The van der Waals surface area contributed by atoms with Crippen LogP contribution in [0.3, 0.4) is 0 Å². The van der Waals surface area contributed by atoms with Gasteiger partial charge in [-0.2, -0.15) is 9.52 Å². The Labute approximate surface area is 164 Å². The van der Waals surface area contributed by atoms with E-state index in [4.69, 9.17) is 0 Å². The molecule has 0 saturated carbocycles. The molecule has 3 rings (SSSR count). The number of halogens is 1. The molecule has 10 heteroatoms. The van der Waals surface area contributed by atoms with Gasteiger partial charge in [-0.15, -0.1) is 0 Å². The Hall–Kier alpha value is -2.46. The number of hydrogen-bond acceptors (Lipinski definition) is 5. The first-order chi connectivity index (χ1) is 13.1. The first kappa shape index (κ1) is 20.3. The first-order valence-corrected chi connectivity index (χ1v) is 12.0. The summed E-state index contributed by atoms with van der Waals surface area (Å²) in [6.45, 7) is 1.54. The Morgan fingerprint density at radius 1 is 1.07 bits per heavy atom. The van der Waals surface area contributed by atoms with E-state index >= 15 is 0 Å². The van der Waals surface area contributed by atoms with Gasteiger partial charge >= 0.3 is 0 Å². The van der Waals surface area contributed by atoms with Crippen LogP contribution in [0.15, 0.2) is 53.6 Å². The highest BCUT2D eigenvalue weighted by Crippen LogP contribution is 2.35. The van der Waals surface area contributed by atoms with Crippen molar-refractivity contribution >= 4 is 31.4 Å². The Bertz CT molecular complexity index is 1100. The molecule has 2 aromatic carbocycles. The van der Waals surface area contributed by atoms with Gasteiger partial charge in [-0.3, -0.25) is 4.72 Å². The van der Waals surface area contributed by atoms with Crippen LogP contribution in [0, 0.1) is 5.82 Å². The minimum absolute atomic E-state index is 0.112. The van der Waals surface area contributed by atoms with Crippen LogP contribution in [0.5, 0.6) is 0 Å². The number of hydrogen-bond donors (Lipinski definition) is 1. The fourth-order valence-corrected chi connectivity index (χ4v) is 4.57. The molecule has 1 aliphatic rings. The summed E-state index contributed by atoms with van der Waals surface area (Å²) >= 11 is 0. The van der Waals surface area contributed by atoms with Crippen molar-refractivity contribution in [3.63, 3.8) is 0 Å². The molecule has 0 spiro atoms. The molecule has 0 unspecified atom stereocenters. The van der Waals surface area contributed by atoms with E-state index in [9.17, 15) is 21.2 Å². The molecule has 0 bridgehead atoms. The van der Waals surface area contributed by atoms with Crippen LogP contribution in [-0.2, 0) is 20.0 Å². The van der Waals surface area contributed by atoms with Crippen molar-refractivity contribution in [2.75, 3.05) is 16.7 Å². The summed E-state index contributed by atoms with van der Waals surface area (Å²) < 4.78 is 64.4. The lowest BCUT2D eigenvalue weighted by Crippen LogP contribution is -2.28. The average molecular weight is 426 g/mol. The standard InChI is InChI=1S/C18H20FN3O4S2/c1-3-28(25,26)22-18(14-4-8-15(19)9-5-14)12-17(20-22)13-6-10-16(11-7-13)21-27(2,23)24/h4-11,18,21H,3,12H2,1-2H3/t18-/m0/s1. The monoisotopic (exact) mass is 425 g/mol. The number of benzene rings is 2. The van der Waals surface area contributed by atoms with E-state index in [0.29, 0.717) is 28.9 Å². The molecule has 1 aliphatic heterocycles. The second kappa shape index (κ2) is 7.51. The highest BCUT2D eigenvalue weighted by Gasteiger charge is 2.35. The zero-order chi connectivity index (χ0) is 20.5. The van der Waals surface area contributed by atoms with Gasteiger partial charge in [0.1, 0.15) is 5.82 Å². The summed E-state index contributed by atoms with van der Waals surface area (Å²) in [7, 11) is -7.01. The number of sulfonamides is 2. The van der Waals surface area contributed by atoms with E-state index < -0.39 is 31.9 Å². The second-order valence-corrected chi connectivity index (χ2v) is 10.3. The van der Waals surface area contributed by atoms with Crippen molar-refractivity contribution in [3.05, 3.63) is 65.5 Å². The van der Waals surface area contributed by atoms with Gasteiger partial charge < -0.3 is 0 Å². The van der Waals surface area contributed by atoms with Crippen LogP contribution in [-0.4, -0.2) is 39.0 Å². The van der Waals surface area contributed by atoms with E-state index in [2.05, 4.69) is 9.82 Å². The topological polar surface area (TPSA) is 95.9 Å². The molecule has 1 heterocycles. The third kappa shape index (κ3) is 4.50. The van der Waals surface area contributed by atoms with Crippen molar-refractivity contribution in [3.8, 4) is 0 Å². The molecule has 2 aromatic rings. The van der Waals surface area contributed by atoms with Crippen molar-refractivity contribution in [2.24, 2.45) is 5.10 Å². The van der Waals surface area contributed by atoms with E-state index in [-0.39, 0.29) is 5.75 Å². The Morgan fingerprint density at radius 3 is 2.21 bits per heavy atom. The van der Waals surface area contributed by atoms with E-state index in [1.807, 2.05) is 0 Å². The summed E-state index contributed by atoms with van der Waals surface area (Å²) in [6.07, 6.45) is 1.38. The summed E-state index contributed by atoms with van der Waals surface area (Å²) in [5, 5.41) is 4.31. The van der Waals surface area contributed by atoms with Gasteiger partial charge in [0.05, 0.1) is 23.8 Å². The highest BCUT2D eigenvalue weighted by molar-refractivity contribution is 7.92. The zero-order valence-electron chi connectivity index (χ0n) is 15.3. The van der Waals surface area contributed by atoms with Crippen LogP contribution in [0.4, 0.5) is 10.1 Å². The largest absolute Gasteiger partial charge is 0.284 e. The maximum atomic E-state index is 13.3. The lowest BCUT2D eigenvalue weighted by Gasteiger charge is -2.22. The second-order valence-electron chi connectivity index (χ2n) is 6.44. The van der Waals surface area contributed by atoms with Crippen molar-refractivity contribution in [1.82, 2.24) is 4.41 Å². The lowest BCUT2D eigenvalue weighted by atomic mass is 9.99. The van der Waals surface area contributed by atoms with Gasteiger partial charge in [0.2, 0.25) is 20.0 Å². The van der Waals surface area contributed by atoms with Crippen molar-refractivity contribution in [1.29, 1.82) is 0 Å². The van der Waals surface area contributed by atoms with Gasteiger partial charge in [0.25, 0.3) is 0 Å². The molecular weight excluding hydrogens is 405 g/mol. The average Bonchev–Trinajstić information content (AvgIpc) is 3.08. The normalized spacial score (nSPS) is 17.5. The van der Waals surface area contributed by atoms with Crippen LogP contribution in [0.1, 0.15) is 30.5 Å². The first-order valence-electron chi connectivity index (χ1n) is 8.52. The number of anilines is 1. The van der Waals surface area contributed by atoms with Gasteiger partial charge in [-0.25, -0.2) is 21.2 Å². The van der Waals surface area contributed by atoms with Crippen LogP contribution >= 0.6 is 0 Å². The van der Waals surface area contributed by atoms with Crippen LogP contribution in [0.2, 0.25) is 0 Å². The van der Waals surface area contributed by atoms with E-state index in [0.717, 1.165) is 10.7 Å². The summed E-state index contributed by atoms with van der Waals surface area (Å²) in [4.78, 5) is 0. The van der Waals surface area contributed by atoms with E-state index in [1.54, 1.807) is 36.4 Å². The molecule has 0 saturated heterocycles. The summed E-state index contributed by atoms with van der Waals surface area (Å²) in [5.74, 6) is -0.514. The maximum Gasteiger partial charge on any atom is 0.250 e. The fraction of sp³-hybridized carbons (Fsp3) is 0.278. The number of hydrazone groups is 1. The van der Waals surface area contributed by atoms with Gasteiger partial charge in [0.15, 0.2) is 0 Å². The molecule has 28 heavy (non-hydrogen) atoms. The SMILES string of the molecule is CCS(=O)(=O)N1N=C(c2ccc(NS(C)(=O)=O)cc2)C[C@H]1c1ccc(F)cc1. The predicted octanol–water partition coefficient (Wildman–Crippen LogP) is 2.70. The maximum absolute atomic E-state index is 13.3. The fourth-order valence-electron chi connectivity index (χ4n) is 2.93. The Kier molecular flexibility index (Phi) is 5.44. The molecule has 1 N–H and O–H groups in total. The molecule has 0 fully saturated rings. The molecule has 0 radical (unpaired) electrons. The highest BCUT2D eigenvalue weighted by atomic mass is 32.2. The molecule has 1 atom stereocenters. The number of nitrogens with zero attached hydrogens (tertiary/aromatic N) is 2. The molecule has 0 amide bonds. The number of nitrogens with one attached hydrogen (secondary N) is 1. The zero-order valence-corrected chi connectivity index (χ0v) is 17.0. The number of rotatable bonds is 6. The lowest BCUT2D eigenvalue weighted by molar-refractivity contribution is 0.372. The molecule has 150 valence electrons. The van der Waals surface area contributed by atoms with Gasteiger partial charge in [-0.05, 0) is 42.3 Å². The van der Waals surface area contributed by atoms with Crippen LogP contribution < -0.4 is 4.72 Å². The molecule has 0 aliphatic carbocycles. The quantitative estimate of drug-likeness (QED) is 0.770. The minimum atomic E-state index is -3.62. The molecular formula is C18H20FN3O4S2. The van der Waals surface area contributed by atoms with Gasteiger partial charge in [0, 0.05) is 12.1 Å². The summed E-state index contributed by atoms with van der Waals surface area (Å²) in [5.41, 5.74) is 2.28. The van der Waals surface area contributed by atoms with Gasteiger partial charge in [-0.1, -0.05) is 24.3 Å². The third-order valence-electron chi connectivity index (χ3n) is 4.30. The third-order valence-corrected chi connectivity index (χ3v) is 6.54. The summed E-state index contributed by atoms with van der Waals surface area (Å²) in [6, 6.07) is 11.6. The van der Waals surface area contributed by atoms with Crippen molar-refractivity contribution in [2.45, 2.75) is 19.4 Å².